The fraction of sp³-hybridized carbons (Fsp3) is 0.368. The van der Waals surface area contributed by atoms with E-state index < -0.39 is 10.0 Å². The second-order valence-electron chi connectivity index (χ2n) is 6.88. The van der Waals surface area contributed by atoms with Crippen LogP contribution in [0, 0.1) is 19.8 Å². The predicted octanol–water partition coefficient (Wildman–Crippen LogP) is 2.04. The molecule has 0 spiro atoms. The summed E-state index contributed by atoms with van der Waals surface area (Å²) < 4.78 is 28.7. The van der Waals surface area contributed by atoms with E-state index in [4.69, 9.17) is 0 Å². The Hall–Kier alpha value is -2.45. The van der Waals surface area contributed by atoms with E-state index >= 15 is 0 Å². The van der Waals surface area contributed by atoms with Crippen LogP contribution in [-0.2, 0) is 21.4 Å². The second kappa shape index (κ2) is 8.49. The van der Waals surface area contributed by atoms with Crippen molar-refractivity contribution < 1.29 is 13.2 Å². The molecular formula is C19H25N3O4S. The number of anilines is 1. The molecule has 146 valence electrons. The fourth-order valence-corrected chi connectivity index (χ4v) is 3.77. The molecule has 1 aromatic carbocycles. The lowest BCUT2D eigenvalue weighted by atomic mass is 10.2. The predicted molar refractivity (Wildman–Crippen MR) is 105 cm³/mol. The number of benzene rings is 1. The number of nitrogens with zero attached hydrogens (tertiary/aromatic N) is 1. The van der Waals surface area contributed by atoms with Crippen molar-refractivity contribution in [2.24, 2.45) is 5.92 Å². The van der Waals surface area contributed by atoms with Gasteiger partial charge in [-0.3, -0.25) is 9.59 Å². The maximum absolute atomic E-state index is 12.3. The lowest BCUT2D eigenvalue weighted by Crippen LogP contribution is -2.27. The molecule has 0 atom stereocenters. The zero-order valence-corrected chi connectivity index (χ0v) is 16.8. The molecule has 8 heteroatoms. The summed E-state index contributed by atoms with van der Waals surface area (Å²) in [6, 6.07) is 8.95. The minimum absolute atomic E-state index is 0.0634. The SMILES string of the molecule is Cc1cc(=O)cc(C)n1CC(=O)Nc1ccc(S(=O)(=O)NCC(C)C)cc1. The van der Waals surface area contributed by atoms with Gasteiger partial charge in [-0.05, 0) is 44.0 Å². The minimum atomic E-state index is -3.56. The number of hydrogen-bond donors (Lipinski definition) is 2. The van der Waals surface area contributed by atoms with Gasteiger partial charge in [0.15, 0.2) is 5.43 Å². The van der Waals surface area contributed by atoms with E-state index in [1.165, 1.54) is 24.3 Å². The maximum atomic E-state index is 12.3. The highest BCUT2D eigenvalue weighted by molar-refractivity contribution is 7.89. The molecule has 0 radical (unpaired) electrons. The van der Waals surface area contributed by atoms with Crippen molar-refractivity contribution in [1.82, 2.24) is 9.29 Å². The van der Waals surface area contributed by atoms with Crippen LogP contribution >= 0.6 is 0 Å². The van der Waals surface area contributed by atoms with Crippen molar-refractivity contribution in [3.8, 4) is 0 Å². The van der Waals surface area contributed by atoms with Gasteiger partial charge in [-0.1, -0.05) is 13.8 Å². The Morgan fingerprint density at radius 2 is 1.63 bits per heavy atom. The topological polar surface area (TPSA) is 97.3 Å². The molecule has 2 N–H and O–H groups in total. The van der Waals surface area contributed by atoms with Gasteiger partial charge in [-0.15, -0.1) is 0 Å². The van der Waals surface area contributed by atoms with Crippen molar-refractivity contribution in [3.05, 3.63) is 58.0 Å². The first kappa shape index (κ1) is 20.9. The maximum Gasteiger partial charge on any atom is 0.244 e. The first-order valence-corrected chi connectivity index (χ1v) is 10.1. The van der Waals surface area contributed by atoms with Crippen molar-refractivity contribution >= 4 is 21.6 Å². The molecule has 27 heavy (non-hydrogen) atoms. The van der Waals surface area contributed by atoms with Crippen molar-refractivity contribution in [1.29, 1.82) is 0 Å². The summed E-state index contributed by atoms with van der Waals surface area (Å²) in [7, 11) is -3.56. The van der Waals surface area contributed by atoms with Gasteiger partial charge in [0, 0.05) is 35.8 Å². The van der Waals surface area contributed by atoms with Crippen LogP contribution in [0.25, 0.3) is 0 Å². The van der Waals surface area contributed by atoms with Gasteiger partial charge in [0.05, 0.1) is 4.90 Å². The van der Waals surface area contributed by atoms with E-state index in [9.17, 15) is 18.0 Å². The van der Waals surface area contributed by atoms with Gasteiger partial charge in [0.25, 0.3) is 0 Å². The summed E-state index contributed by atoms with van der Waals surface area (Å²) >= 11 is 0. The van der Waals surface area contributed by atoms with Crippen LogP contribution in [0.15, 0.2) is 46.1 Å². The highest BCUT2D eigenvalue weighted by Crippen LogP contribution is 2.14. The molecule has 0 aliphatic carbocycles. The third kappa shape index (κ3) is 5.77. The van der Waals surface area contributed by atoms with E-state index in [0.717, 1.165) is 0 Å². The fourth-order valence-electron chi connectivity index (χ4n) is 2.56. The number of amides is 1. The number of nitrogens with one attached hydrogen (secondary N) is 2. The van der Waals surface area contributed by atoms with Crippen LogP contribution in [0.5, 0.6) is 0 Å². The summed E-state index contributed by atoms with van der Waals surface area (Å²) in [5.74, 6) is -0.0585. The summed E-state index contributed by atoms with van der Waals surface area (Å²) in [6.07, 6.45) is 0. The number of pyridine rings is 1. The Morgan fingerprint density at radius 3 is 2.15 bits per heavy atom. The van der Waals surface area contributed by atoms with E-state index in [1.807, 2.05) is 13.8 Å². The number of aryl methyl sites for hydroxylation is 2. The van der Waals surface area contributed by atoms with E-state index in [2.05, 4.69) is 10.0 Å². The lowest BCUT2D eigenvalue weighted by Gasteiger charge is -2.14. The summed E-state index contributed by atoms with van der Waals surface area (Å²) in [4.78, 5) is 23.9. The van der Waals surface area contributed by atoms with Crippen molar-refractivity contribution in [3.63, 3.8) is 0 Å². The Kier molecular flexibility index (Phi) is 6.56. The van der Waals surface area contributed by atoms with E-state index in [-0.39, 0.29) is 28.7 Å². The number of carbonyl (C=O) groups is 1. The molecular weight excluding hydrogens is 366 g/mol. The molecule has 0 unspecified atom stereocenters. The smallest absolute Gasteiger partial charge is 0.244 e. The van der Waals surface area contributed by atoms with Gasteiger partial charge < -0.3 is 9.88 Å². The van der Waals surface area contributed by atoms with E-state index in [0.29, 0.717) is 23.6 Å². The van der Waals surface area contributed by atoms with Crippen LogP contribution in [0.4, 0.5) is 5.69 Å². The van der Waals surface area contributed by atoms with Crippen LogP contribution in [0.3, 0.4) is 0 Å². The van der Waals surface area contributed by atoms with Crippen LogP contribution < -0.4 is 15.5 Å². The number of sulfonamides is 1. The first-order chi connectivity index (χ1) is 12.6. The number of hydrogen-bond acceptors (Lipinski definition) is 4. The molecule has 0 bridgehead atoms. The molecule has 0 saturated carbocycles. The quantitative estimate of drug-likeness (QED) is 0.755. The van der Waals surface area contributed by atoms with E-state index in [1.54, 1.807) is 30.5 Å². The molecule has 2 rings (SSSR count). The minimum Gasteiger partial charge on any atom is -0.340 e. The average Bonchev–Trinajstić information content (AvgIpc) is 2.57. The average molecular weight is 391 g/mol. The molecule has 0 aliphatic heterocycles. The molecule has 0 saturated heterocycles. The Labute approximate surface area is 159 Å². The molecule has 7 nitrogen and oxygen atoms in total. The Bertz CT molecular complexity index is 951. The van der Waals surface area contributed by atoms with Gasteiger partial charge >= 0.3 is 0 Å². The Balaban J connectivity index is 2.06. The van der Waals surface area contributed by atoms with Gasteiger partial charge in [0.1, 0.15) is 6.54 Å². The van der Waals surface area contributed by atoms with Gasteiger partial charge in [-0.25, -0.2) is 13.1 Å². The van der Waals surface area contributed by atoms with Crippen LogP contribution in [0.2, 0.25) is 0 Å². The van der Waals surface area contributed by atoms with Gasteiger partial charge in [-0.2, -0.15) is 0 Å². The summed E-state index contributed by atoms with van der Waals surface area (Å²) in [5.41, 5.74) is 1.81. The lowest BCUT2D eigenvalue weighted by molar-refractivity contribution is -0.116. The zero-order valence-electron chi connectivity index (χ0n) is 15.9. The molecule has 1 amide bonds. The highest BCUT2D eigenvalue weighted by Gasteiger charge is 2.14. The molecule has 2 aromatic rings. The summed E-state index contributed by atoms with van der Waals surface area (Å²) in [6.45, 7) is 7.81. The number of carbonyl (C=O) groups excluding carboxylic acids is 1. The molecule has 1 heterocycles. The third-order valence-electron chi connectivity index (χ3n) is 3.99. The molecule has 0 fully saturated rings. The second-order valence-corrected chi connectivity index (χ2v) is 8.65. The van der Waals surface area contributed by atoms with Crippen LogP contribution in [-0.4, -0.2) is 25.4 Å². The van der Waals surface area contributed by atoms with Gasteiger partial charge in [0.2, 0.25) is 15.9 Å². The Morgan fingerprint density at radius 1 is 1.07 bits per heavy atom. The summed E-state index contributed by atoms with van der Waals surface area (Å²) in [5, 5.41) is 2.74. The van der Waals surface area contributed by atoms with Crippen molar-refractivity contribution in [2.75, 3.05) is 11.9 Å². The monoisotopic (exact) mass is 391 g/mol. The zero-order chi connectivity index (χ0) is 20.2. The molecule has 1 aromatic heterocycles. The largest absolute Gasteiger partial charge is 0.340 e. The normalized spacial score (nSPS) is 11.6. The third-order valence-corrected chi connectivity index (χ3v) is 5.42. The van der Waals surface area contributed by atoms with Crippen LogP contribution in [0.1, 0.15) is 25.2 Å². The van der Waals surface area contributed by atoms with Crippen molar-refractivity contribution in [2.45, 2.75) is 39.1 Å². The highest BCUT2D eigenvalue weighted by atomic mass is 32.2. The first-order valence-electron chi connectivity index (χ1n) is 8.66. The molecule has 0 aliphatic rings. The number of aromatic nitrogens is 1. The standard InChI is InChI=1S/C19H25N3O4S/c1-13(2)11-20-27(25,26)18-7-5-16(6-8-18)21-19(24)12-22-14(3)9-17(23)10-15(22)4/h5-10,13,20H,11-12H2,1-4H3,(H,21,24). The number of rotatable bonds is 7.